The van der Waals surface area contributed by atoms with Gasteiger partial charge in [0, 0.05) is 16.9 Å². The van der Waals surface area contributed by atoms with Crippen LogP contribution in [0.4, 0.5) is 0 Å². The van der Waals surface area contributed by atoms with Gasteiger partial charge in [0.2, 0.25) is 0 Å². The number of nitrogens with zero attached hydrogens (tertiary/aromatic N) is 2. The van der Waals surface area contributed by atoms with Gasteiger partial charge in [-0.15, -0.1) is 0 Å². The van der Waals surface area contributed by atoms with Crippen molar-refractivity contribution < 1.29 is 13.2 Å². The van der Waals surface area contributed by atoms with Gasteiger partial charge in [-0.25, -0.2) is 8.42 Å². The Morgan fingerprint density at radius 1 is 1.08 bits per heavy atom. The maximum absolute atomic E-state index is 12.6. The highest BCUT2D eigenvalue weighted by molar-refractivity contribution is 8.15. The number of hydrogen-bond donors (Lipinski definition) is 0. The summed E-state index contributed by atoms with van der Waals surface area (Å²) in [6.45, 7) is 0. The first-order chi connectivity index (χ1) is 12.5. The van der Waals surface area contributed by atoms with E-state index in [-0.39, 0.29) is 28.7 Å². The zero-order valence-electron chi connectivity index (χ0n) is 14.5. The fraction of sp³-hybridized carbons (Fsp3) is 0.579. The third kappa shape index (κ3) is 2.80. The average Bonchev–Trinajstić information content (AvgIpc) is 3.35. The van der Waals surface area contributed by atoms with Gasteiger partial charge in [-0.2, -0.15) is 4.99 Å². The molecule has 138 valence electrons. The van der Waals surface area contributed by atoms with Gasteiger partial charge in [0.1, 0.15) is 0 Å². The van der Waals surface area contributed by atoms with Crippen LogP contribution >= 0.6 is 11.8 Å². The van der Waals surface area contributed by atoms with Crippen LogP contribution in [-0.2, 0) is 9.84 Å². The summed E-state index contributed by atoms with van der Waals surface area (Å²) < 4.78 is 24.3. The standard InChI is InChI=1S/C19H22N2O3S2/c22-18(13-4-2-1-3-5-13)20-19-21(15-9-12-6-7-14(15)8-12)16-10-26(23,24)11-17(16)25-19/h1-5,12,14-17H,6-11H2. The number of hydrogen-bond acceptors (Lipinski definition) is 4. The van der Waals surface area contributed by atoms with Crippen molar-refractivity contribution >= 4 is 32.7 Å². The third-order valence-corrected chi connectivity index (χ3v) is 9.61. The fourth-order valence-corrected chi connectivity index (χ4v) is 9.23. The number of benzene rings is 1. The lowest BCUT2D eigenvalue weighted by molar-refractivity contribution is 0.0999. The third-order valence-electron chi connectivity index (χ3n) is 6.38. The van der Waals surface area contributed by atoms with Gasteiger partial charge in [-0.05, 0) is 43.2 Å². The molecule has 1 aromatic rings. The van der Waals surface area contributed by atoms with Gasteiger partial charge >= 0.3 is 0 Å². The van der Waals surface area contributed by atoms with Crippen LogP contribution in [0.15, 0.2) is 35.3 Å². The normalized spacial score (nSPS) is 38.8. The molecule has 2 aliphatic carbocycles. The highest BCUT2D eigenvalue weighted by atomic mass is 32.2. The maximum atomic E-state index is 12.6. The molecule has 2 bridgehead atoms. The summed E-state index contributed by atoms with van der Waals surface area (Å²) in [6.07, 6.45) is 4.88. The van der Waals surface area contributed by atoms with Crippen molar-refractivity contribution in [2.75, 3.05) is 11.5 Å². The SMILES string of the molecule is O=C(N=C1SC2CS(=O)(=O)CC2N1C1CC2CCC1C2)c1ccccc1. The molecular weight excluding hydrogens is 368 g/mol. The van der Waals surface area contributed by atoms with Crippen LogP contribution in [0.25, 0.3) is 0 Å². The number of amidine groups is 1. The molecule has 0 N–H and O–H groups in total. The van der Waals surface area contributed by atoms with E-state index < -0.39 is 9.84 Å². The molecule has 2 saturated heterocycles. The van der Waals surface area contributed by atoms with Gasteiger partial charge in [0.05, 0.1) is 17.5 Å². The van der Waals surface area contributed by atoms with Gasteiger partial charge in [0.25, 0.3) is 5.91 Å². The highest BCUT2D eigenvalue weighted by Gasteiger charge is 2.54. The van der Waals surface area contributed by atoms with Crippen molar-refractivity contribution in [1.82, 2.24) is 4.90 Å². The number of carbonyl (C=O) groups excluding carboxylic acids is 1. The van der Waals surface area contributed by atoms with Gasteiger partial charge in [-0.1, -0.05) is 36.4 Å². The second kappa shape index (κ2) is 6.09. The Morgan fingerprint density at radius 3 is 2.58 bits per heavy atom. The molecule has 5 nitrogen and oxygen atoms in total. The topological polar surface area (TPSA) is 66.8 Å². The molecule has 0 spiro atoms. The number of amides is 1. The number of thioether (sulfide) groups is 1. The van der Waals surface area contributed by atoms with E-state index in [0.717, 1.165) is 17.5 Å². The molecule has 7 heteroatoms. The van der Waals surface area contributed by atoms with Gasteiger partial charge < -0.3 is 4.90 Å². The lowest BCUT2D eigenvalue weighted by Crippen LogP contribution is -2.47. The Hall–Kier alpha value is -1.34. The lowest BCUT2D eigenvalue weighted by Gasteiger charge is -2.36. The first-order valence-electron chi connectivity index (χ1n) is 9.34. The molecule has 4 aliphatic rings. The van der Waals surface area contributed by atoms with E-state index in [2.05, 4.69) is 9.89 Å². The Balaban J connectivity index is 1.48. The van der Waals surface area contributed by atoms with E-state index in [1.54, 1.807) is 12.1 Å². The molecule has 5 atom stereocenters. The summed E-state index contributed by atoms with van der Waals surface area (Å²) >= 11 is 1.50. The first-order valence-corrected chi connectivity index (χ1v) is 12.0. The van der Waals surface area contributed by atoms with Crippen molar-refractivity contribution in [2.24, 2.45) is 16.8 Å². The molecule has 5 unspecified atom stereocenters. The minimum Gasteiger partial charge on any atom is -0.343 e. The second-order valence-electron chi connectivity index (χ2n) is 8.02. The van der Waals surface area contributed by atoms with Crippen LogP contribution in [-0.4, -0.2) is 53.2 Å². The van der Waals surface area contributed by atoms with E-state index in [1.807, 2.05) is 18.2 Å². The monoisotopic (exact) mass is 390 g/mol. The molecule has 26 heavy (non-hydrogen) atoms. The first kappa shape index (κ1) is 16.8. The van der Waals surface area contributed by atoms with Crippen LogP contribution in [0.2, 0.25) is 0 Å². The molecule has 5 rings (SSSR count). The summed E-state index contributed by atoms with van der Waals surface area (Å²) in [5, 5.41) is 0.766. The second-order valence-corrected chi connectivity index (χ2v) is 11.4. The van der Waals surface area contributed by atoms with Crippen molar-refractivity contribution in [3.63, 3.8) is 0 Å². The molecule has 0 radical (unpaired) electrons. The zero-order chi connectivity index (χ0) is 17.9. The molecule has 2 heterocycles. The van der Waals surface area contributed by atoms with Crippen molar-refractivity contribution in [1.29, 1.82) is 0 Å². The summed E-state index contributed by atoms with van der Waals surface area (Å²) in [5.41, 5.74) is 0.582. The number of rotatable bonds is 2. The fourth-order valence-electron chi connectivity index (χ4n) is 5.26. The minimum atomic E-state index is -2.99. The van der Waals surface area contributed by atoms with Crippen molar-refractivity contribution in [3.8, 4) is 0 Å². The van der Waals surface area contributed by atoms with Gasteiger partial charge in [0.15, 0.2) is 15.0 Å². The van der Waals surface area contributed by atoms with Crippen LogP contribution < -0.4 is 0 Å². The predicted octanol–water partition coefficient (Wildman–Crippen LogP) is 2.59. The molecule has 1 amide bonds. The van der Waals surface area contributed by atoms with Crippen LogP contribution in [0.3, 0.4) is 0 Å². The van der Waals surface area contributed by atoms with Gasteiger partial charge in [-0.3, -0.25) is 4.79 Å². The van der Waals surface area contributed by atoms with Crippen LogP contribution in [0.5, 0.6) is 0 Å². The Morgan fingerprint density at radius 2 is 1.88 bits per heavy atom. The summed E-state index contributed by atoms with van der Waals surface area (Å²) in [7, 11) is -2.99. The largest absolute Gasteiger partial charge is 0.343 e. The predicted molar refractivity (Wildman–Crippen MR) is 103 cm³/mol. The van der Waals surface area contributed by atoms with E-state index in [0.29, 0.717) is 17.5 Å². The zero-order valence-corrected chi connectivity index (χ0v) is 16.1. The van der Waals surface area contributed by atoms with E-state index in [4.69, 9.17) is 0 Å². The molecular formula is C19H22N2O3S2. The molecule has 1 aromatic carbocycles. The van der Waals surface area contributed by atoms with Crippen LogP contribution in [0.1, 0.15) is 36.0 Å². The van der Waals surface area contributed by atoms with E-state index >= 15 is 0 Å². The smallest absolute Gasteiger partial charge is 0.279 e. The minimum absolute atomic E-state index is 0.0152. The van der Waals surface area contributed by atoms with Crippen molar-refractivity contribution in [3.05, 3.63) is 35.9 Å². The summed E-state index contributed by atoms with van der Waals surface area (Å²) in [6, 6.07) is 9.45. The Labute approximate surface area is 158 Å². The number of carbonyl (C=O) groups is 1. The Bertz CT molecular complexity index is 868. The molecule has 2 saturated carbocycles. The number of fused-ring (bicyclic) bond motifs is 3. The van der Waals surface area contributed by atoms with E-state index in [1.165, 1.54) is 31.0 Å². The number of aliphatic imine (C=N–C) groups is 1. The molecule has 0 aromatic heterocycles. The van der Waals surface area contributed by atoms with E-state index in [9.17, 15) is 13.2 Å². The quantitative estimate of drug-likeness (QED) is 0.776. The number of sulfone groups is 1. The average molecular weight is 391 g/mol. The maximum Gasteiger partial charge on any atom is 0.279 e. The summed E-state index contributed by atoms with van der Waals surface area (Å²) in [5.74, 6) is 1.57. The molecule has 2 aliphatic heterocycles. The lowest BCUT2D eigenvalue weighted by atomic mass is 9.93. The Kier molecular flexibility index (Phi) is 3.94. The summed E-state index contributed by atoms with van der Waals surface area (Å²) in [4.78, 5) is 19.3. The van der Waals surface area contributed by atoms with Crippen molar-refractivity contribution in [2.45, 2.75) is 43.0 Å². The molecule has 4 fully saturated rings. The van der Waals surface area contributed by atoms with Crippen LogP contribution in [0, 0.1) is 11.8 Å². The highest BCUT2D eigenvalue weighted by Crippen LogP contribution is 2.51.